The number of piperidine rings is 1. The van der Waals surface area contributed by atoms with Crippen LogP contribution in [0.25, 0.3) is 5.69 Å². The van der Waals surface area contributed by atoms with Crippen molar-refractivity contribution in [3.05, 3.63) is 47.3 Å². The molecule has 1 amide bonds. The number of hydrogen-bond acceptors (Lipinski definition) is 4. The number of nitrogens with one attached hydrogen (secondary N) is 1. The van der Waals surface area contributed by atoms with Crippen LogP contribution in [0.4, 0.5) is 0 Å². The number of carbonyl (C=O) groups is 1. The predicted octanol–water partition coefficient (Wildman–Crippen LogP) is 2.04. The molecule has 3 heterocycles. The van der Waals surface area contributed by atoms with E-state index in [9.17, 15) is 4.79 Å². The molecule has 0 atom stereocenters. The molecule has 2 aliphatic rings. The monoisotopic (exact) mass is 367 g/mol. The van der Waals surface area contributed by atoms with Gasteiger partial charge in [-0.05, 0) is 57.6 Å². The third kappa shape index (κ3) is 3.77. The highest BCUT2D eigenvalue weighted by Gasteiger charge is 2.30. The molecule has 0 radical (unpaired) electrons. The standard InChI is InChI=1S/C21H29N5O/c1-16-4-3-5-18(14-16)26-20(17-6-8-22-9-7-17)19(15-23-26)21(27)25-12-10-24(2)11-13-25/h3-5,14-15,17,22H,6-13H2,1-2H3. The van der Waals surface area contributed by atoms with Crippen molar-refractivity contribution in [2.75, 3.05) is 46.3 Å². The number of aromatic nitrogens is 2. The summed E-state index contributed by atoms with van der Waals surface area (Å²) in [6.07, 6.45) is 3.88. The third-order valence-corrected chi connectivity index (χ3v) is 5.80. The molecule has 0 spiro atoms. The Bertz CT molecular complexity index is 801. The molecule has 0 unspecified atom stereocenters. The second-order valence-electron chi connectivity index (χ2n) is 7.81. The Morgan fingerprint density at radius 2 is 1.89 bits per heavy atom. The SMILES string of the molecule is Cc1cccc(-n2ncc(C(=O)N3CCN(C)CC3)c2C2CCNCC2)c1. The average Bonchev–Trinajstić information content (AvgIpc) is 3.14. The van der Waals surface area contributed by atoms with Crippen molar-refractivity contribution in [1.82, 2.24) is 24.9 Å². The maximum atomic E-state index is 13.3. The van der Waals surface area contributed by atoms with E-state index >= 15 is 0 Å². The number of piperazine rings is 1. The van der Waals surface area contributed by atoms with Crippen LogP contribution in [0.2, 0.25) is 0 Å². The molecule has 2 saturated heterocycles. The van der Waals surface area contributed by atoms with Gasteiger partial charge < -0.3 is 15.1 Å². The van der Waals surface area contributed by atoms with Crippen LogP contribution >= 0.6 is 0 Å². The molecule has 0 aliphatic carbocycles. The quantitative estimate of drug-likeness (QED) is 0.902. The summed E-state index contributed by atoms with van der Waals surface area (Å²) in [5.41, 5.74) is 4.12. The molecule has 0 bridgehead atoms. The molecular formula is C21H29N5O. The first kappa shape index (κ1) is 18.2. The zero-order chi connectivity index (χ0) is 18.8. The first-order valence-corrected chi connectivity index (χ1v) is 9.97. The Morgan fingerprint density at radius 3 is 2.59 bits per heavy atom. The first-order valence-electron chi connectivity index (χ1n) is 9.97. The maximum absolute atomic E-state index is 13.3. The van der Waals surface area contributed by atoms with Gasteiger partial charge in [0.2, 0.25) is 0 Å². The third-order valence-electron chi connectivity index (χ3n) is 5.80. The average molecular weight is 367 g/mol. The predicted molar refractivity (Wildman–Crippen MR) is 107 cm³/mol. The molecule has 144 valence electrons. The van der Waals surface area contributed by atoms with Crippen molar-refractivity contribution in [1.29, 1.82) is 0 Å². The number of benzene rings is 1. The number of hydrogen-bond donors (Lipinski definition) is 1. The molecule has 2 aromatic rings. The number of aryl methyl sites for hydroxylation is 1. The summed E-state index contributed by atoms with van der Waals surface area (Å²) in [6, 6.07) is 8.37. The summed E-state index contributed by atoms with van der Waals surface area (Å²) in [6.45, 7) is 7.51. The van der Waals surface area contributed by atoms with Gasteiger partial charge in [-0.15, -0.1) is 0 Å². The largest absolute Gasteiger partial charge is 0.336 e. The molecule has 1 aromatic heterocycles. The summed E-state index contributed by atoms with van der Waals surface area (Å²) in [5, 5.41) is 8.10. The van der Waals surface area contributed by atoms with Gasteiger partial charge >= 0.3 is 0 Å². The van der Waals surface area contributed by atoms with E-state index in [1.807, 2.05) is 9.58 Å². The minimum absolute atomic E-state index is 0.135. The molecule has 1 N–H and O–H groups in total. The van der Waals surface area contributed by atoms with E-state index in [0.29, 0.717) is 5.92 Å². The molecule has 6 heteroatoms. The second-order valence-corrected chi connectivity index (χ2v) is 7.81. The molecule has 4 rings (SSSR count). The van der Waals surface area contributed by atoms with E-state index < -0.39 is 0 Å². The number of nitrogens with zero attached hydrogens (tertiary/aromatic N) is 4. The topological polar surface area (TPSA) is 53.4 Å². The Labute approximate surface area is 161 Å². The molecule has 2 aliphatic heterocycles. The van der Waals surface area contributed by atoms with Crippen LogP contribution in [-0.2, 0) is 0 Å². The highest BCUT2D eigenvalue weighted by atomic mass is 16.2. The van der Waals surface area contributed by atoms with Crippen LogP contribution in [0.1, 0.15) is 40.4 Å². The number of rotatable bonds is 3. The lowest BCUT2D eigenvalue weighted by molar-refractivity contribution is 0.0662. The normalized spacial score (nSPS) is 19.4. The fourth-order valence-electron chi connectivity index (χ4n) is 4.16. The van der Waals surface area contributed by atoms with E-state index in [-0.39, 0.29) is 5.91 Å². The summed E-state index contributed by atoms with van der Waals surface area (Å²) >= 11 is 0. The van der Waals surface area contributed by atoms with Crippen molar-refractivity contribution in [2.45, 2.75) is 25.7 Å². The number of amides is 1. The van der Waals surface area contributed by atoms with Gasteiger partial charge in [0.1, 0.15) is 0 Å². The Balaban J connectivity index is 1.71. The number of carbonyl (C=O) groups excluding carboxylic acids is 1. The maximum Gasteiger partial charge on any atom is 0.257 e. The van der Waals surface area contributed by atoms with Crippen LogP contribution in [-0.4, -0.2) is 71.8 Å². The summed E-state index contributed by atoms with van der Waals surface area (Å²) in [7, 11) is 2.11. The van der Waals surface area contributed by atoms with Crippen molar-refractivity contribution in [3.8, 4) is 5.69 Å². The van der Waals surface area contributed by atoms with Crippen molar-refractivity contribution in [3.63, 3.8) is 0 Å². The minimum Gasteiger partial charge on any atom is -0.336 e. The van der Waals surface area contributed by atoms with Crippen molar-refractivity contribution < 1.29 is 4.79 Å². The zero-order valence-corrected chi connectivity index (χ0v) is 16.3. The van der Waals surface area contributed by atoms with Gasteiger partial charge in [-0.1, -0.05) is 12.1 Å². The van der Waals surface area contributed by atoms with Crippen LogP contribution in [0, 0.1) is 6.92 Å². The van der Waals surface area contributed by atoms with Crippen molar-refractivity contribution in [2.24, 2.45) is 0 Å². The van der Waals surface area contributed by atoms with Gasteiger partial charge in [-0.25, -0.2) is 4.68 Å². The van der Waals surface area contributed by atoms with Gasteiger partial charge in [0, 0.05) is 32.1 Å². The molecule has 6 nitrogen and oxygen atoms in total. The second kappa shape index (κ2) is 7.82. The fourth-order valence-corrected chi connectivity index (χ4v) is 4.16. The smallest absolute Gasteiger partial charge is 0.257 e. The van der Waals surface area contributed by atoms with Gasteiger partial charge in [0.15, 0.2) is 0 Å². The highest BCUT2D eigenvalue weighted by Crippen LogP contribution is 2.31. The van der Waals surface area contributed by atoms with E-state index in [1.54, 1.807) is 6.20 Å². The summed E-state index contributed by atoms with van der Waals surface area (Å²) in [4.78, 5) is 17.6. The van der Waals surface area contributed by atoms with Crippen molar-refractivity contribution >= 4 is 5.91 Å². The van der Waals surface area contributed by atoms with Crippen LogP contribution < -0.4 is 5.32 Å². The Morgan fingerprint density at radius 1 is 1.15 bits per heavy atom. The Kier molecular flexibility index (Phi) is 5.27. The molecular weight excluding hydrogens is 338 g/mol. The van der Waals surface area contributed by atoms with E-state index in [0.717, 1.165) is 69.1 Å². The molecule has 27 heavy (non-hydrogen) atoms. The zero-order valence-electron chi connectivity index (χ0n) is 16.3. The van der Waals surface area contributed by atoms with Crippen LogP contribution in [0.15, 0.2) is 30.5 Å². The lowest BCUT2D eigenvalue weighted by atomic mass is 9.91. The lowest BCUT2D eigenvalue weighted by Crippen LogP contribution is -2.47. The van der Waals surface area contributed by atoms with E-state index in [2.05, 4.69) is 53.6 Å². The number of likely N-dealkylation sites (N-methyl/N-ethyl adjacent to an activating group) is 1. The molecule has 2 fully saturated rings. The highest BCUT2D eigenvalue weighted by molar-refractivity contribution is 5.95. The van der Waals surface area contributed by atoms with Gasteiger partial charge in [0.05, 0.1) is 23.1 Å². The summed E-state index contributed by atoms with van der Waals surface area (Å²) in [5.74, 6) is 0.496. The van der Waals surface area contributed by atoms with Crippen LogP contribution in [0.5, 0.6) is 0 Å². The first-order chi connectivity index (χ1) is 13.1. The van der Waals surface area contributed by atoms with Crippen LogP contribution in [0.3, 0.4) is 0 Å². The van der Waals surface area contributed by atoms with Gasteiger partial charge in [-0.3, -0.25) is 4.79 Å². The summed E-state index contributed by atoms with van der Waals surface area (Å²) < 4.78 is 2.01. The van der Waals surface area contributed by atoms with Gasteiger partial charge in [-0.2, -0.15) is 5.10 Å². The molecule has 0 saturated carbocycles. The Hall–Kier alpha value is -2.18. The molecule has 1 aromatic carbocycles. The van der Waals surface area contributed by atoms with E-state index in [4.69, 9.17) is 0 Å². The lowest BCUT2D eigenvalue weighted by Gasteiger charge is -2.33. The van der Waals surface area contributed by atoms with E-state index in [1.165, 1.54) is 5.56 Å². The van der Waals surface area contributed by atoms with Gasteiger partial charge in [0.25, 0.3) is 5.91 Å². The fraction of sp³-hybridized carbons (Fsp3) is 0.524. The minimum atomic E-state index is 0.135.